The van der Waals surface area contributed by atoms with Gasteiger partial charge in [0, 0.05) is 5.69 Å². The van der Waals surface area contributed by atoms with Gasteiger partial charge in [0.1, 0.15) is 5.82 Å². The van der Waals surface area contributed by atoms with Crippen LogP contribution in [0.4, 0.5) is 15.9 Å². The monoisotopic (exact) mass is 247 g/mol. The maximum atomic E-state index is 12.9. The van der Waals surface area contributed by atoms with Crippen molar-refractivity contribution in [3.05, 3.63) is 47.4 Å². The molecule has 0 fully saturated rings. The Morgan fingerprint density at radius 1 is 1.28 bits per heavy atom. The van der Waals surface area contributed by atoms with Gasteiger partial charge >= 0.3 is 5.97 Å². The zero-order valence-corrected chi connectivity index (χ0v) is 9.51. The number of carboxylic acids is 1. The molecule has 0 saturated carbocycles. The lowest BCUT2D eigenvalue weighted by atomic mass is 10.2. The molecule has 92 valence electrons. The van der Waals surface area contributed by atoms with E-state index in [9.17, 15) is 9.18 Å². The van der Waals surface area contributed by atoms with Gasteiger partial charge in [0.2, 0.25) is 0 Å². The Bertz CT molecular complexity index is 584. The molecule has 0 spiro atoms. The summed E-state index contributed by atoms with van der Waals surface area (Å²) < 4.78 is 12.9. The van der Waals surface area contributed by atoms with Crippen LogP contribution in [0.5, 0.6) is 0 Å². The zero-order valence-electron chi connectivity index (χ0n) is 9.51. The molecule has 0 bridgehead atoms. The summed E-state index contributed by atoms with van der Waals surface area (Å²) in [6, 6.07) is 7.14. The number of rotatable bonds is 3. The summed E-state index contributed by atoms with van der Waals surface area (Å²) in [5, 5.41) is 18.9. The lowest BCUT2D eigenvalue weighted by Crippen LogP contribution is -2.04. The summed E-state index contributed by atoms with van der Waals surface area (Å²) in [4.78, 5) is 10.6. The summed E-state index contributed by atoms with van der Waals surface area (Å²) in [7, 11) is 0. The van der Waals surface area contributed by atoms with Crippen LogP contribution in [0.1, 0.15) is 16.1 Å². The molecule has 0 saturated heterocycles. The molecule has 18 heavy (non-hydrogen) atoms. The van der Waals surface area contributed by atoms with Crippen LogP contribution >= 0.6 is 0 Å². The number of carbonyl (C=O) groups is 1. The second-order valence-electron chi connectivity index (χ2n) is 3.69. The van der Waals surface area contributed by atoms with Gasteiger partial charge in [-0.25, -0.2) is 9.18 Å². The molecule has 0 amide bonds. The number of hydrogen-bond donors (Lipinski definition) is 2. The highest BCUT2D eigenvalue weighted by molar-refractivity contribution is 5.85. The minimum absolute atomic E-state index is 0.128. The van der Waals surface area contributed by atoms with E-state index in [4.69, 9.17) is 5.11 Å². The Morgan fingerprint density at radius 3 is 2.61 bits per heavy atom. The molecule has 5 nitrogen and oxygen atoms in total. The standard InChI is InChI=1S/C12H10FN3O2/c1-7-6-8(13)2-3-9(7)14-11-5-4-10(12(17)18)15-16-11/h2-6H,1H3,(H,14,16)(H,17,18). The van der Waals surface area contributed by atoms with Crippen LogP contribution < -0.4 is 5.32 Å². The van der Waals surface area contributed by atoms with Crippen molar-refractivity contribution in [2.75, 3.05) is 5.32 Å². The molecule has 2 N–H and O–H groups in total. The number of aryl methyl sites for hydroxylation is 1. The molecule has 0 aliphatic heterocycles. The molecule has 6 heteroatoms. The maximum absolute atomic E-state index is 12.9. The van der Waals surface area contributed by atoms with Crippen LogP contribution in [-0.4, -0.2) is 21.3 Å². The lowest BCUT2D eigenvalue weighted by Gasteiger charge is -2.08. The predicted molar refractivity (Wildman–Crippen MR) is 63.4 cm³/mol. The van der Waals surface area contributed by atoms with E-state index in [-0.39, 0.29) is 11.5 Å². The summed E-state index contributed by atoms with van der Waals surface area (Å²) >= 11 is 0. The number of hydrogen-bond acceptors (Lipinski definition) is 4. The van der Waals surface area contributed by atoms with E-state index >= 15 is 0 Å². The Hall–Kier alpha value is -2.50. The van der Waals surface area contributed by atoms with Gasteiger partial charge in [-0.05, 0) is 42.8 Å². The number of nitrogens with one attached hydrogen (secondary N) is 1. The fourth-order valence-corrected chi connectivity index (χ4v) is 1.42. The van der Waals surface area contributed by atoms with Crippen LogP contribution in [0.3, 0.4) is 0 Å². The van der Waals surface area contributed by atoms with Crippen LogP contribution in [0.15, 0.2) is 30.3 Å². The summed E-state index contributed by atoms with van der Waals surface area (Å²) in [5.74, 6) is -1.05. The normalized spacial score (nSPS) is 10.1. The Balaban J connectivity index is 2.21. The minimum atomic E-state index is -1.13. The number of halogens is 1. The van der Waals surface area contributed by atoms with Crippen molar-refractivity contribution in [1.29, 1.82) is 0 Å². The van der Waals surface area contributed by atoms with Gasteiger partial charge in [-0.2, -0.15) is 0 Å². The first-order chi connectivity index (χ1) is 8.56. The van der Waals surface area contributed by atoms with Gasteiger partial charge < -0.3 is 10.4 Å². The van der Waals surface area contributed by atoms with Crippen molar-refractivity contribution in [3.63, 3.8) is 0 Å². The van der Waals surface area contributed by atoms with E-state index in [2.05, 4.69) is 15.5 Å². The first-order valence-electron chi connectivity index (χ1n) is 5.16. The molecule has 1 heterocycles. The van der Waals surface area contributed by atoms with E-state index in [0.29, 0.717) is 11.5 Å². The highest BCUT2D eigenvalue weighted by Gasteiger charge is 2.06. The first kappa shape index (κ1) is 12.0. The topological polar surface area (TPSA) is 75.1 Å². The quantitative estimate of drug-likeness (QED) is 0.870. The Morgan fingerprint density at radius 2 is 2.06 bits per heavy atom. The molecule has 2 aromatic rings. The van der Waals surface area contributed by atoms with Gasteiger partial charge in [0.15, 0.2) is 11.5 Å². The second-order valence-corrected chi connectivity index (χ2v) is 3.69. The highest BCUT2D eigenvalue weighted by atomic mass is 19.1. The third-order valence-corrected chi connectivity index (χ3v) is 2.33. The third-order valence-electron chi connectivity index (χ3n) is 2.33. The number of anilines is 2. The molecule has 2 rings (SSSR count). The summed E-state index contributed by atoms with van der Waals surface area (Å²) in [5.41, 5.74) is 1.28. The van der Waals surface area contributed by atoms with Crippen LogP contribution in [-0.2, 0) is 0 Å². The molecule has 0 aliphatic rings. The number of carboxylic acid groups (broad SMARTS) is 1. The SMILES string of the molecule is Cc1cc(F)ccc1Nc1ccc(C(=O)O)nn1. The van der Waals surface area contributed by atoms with Crippen LogP contribution in [0.2, 0.25) is 0 Å². The summed E-state index contributed by atoms with van der Waals surface area (Å²) in [6.45, 7) is 1.75. The molecule has 0 atom stereocenters. The van der Waals surface area contributed by atoms with Crippen molar-refractivity contribution in [2.24, 2.45) is 0 Å². The molecule has 1 aromatic heterocycles. The van der Waals surface area contributed by atoms with Crippen molar-refractivity contribution >= 4 is 17.5 Å². The van der Waals surface area contributed by atoms with Gasteiger partial charge in [-0.15, -0.1) is 10.2 Å². The minimum Gasteiger partial charge on any atom is -0.476 e. The molecular formula is C12H10FN3O2. The predicted octanol–water partition coefficient (Wildman–Crippen LogP) is 2.37. The van der Waals surface area contributed by atoms with E-state index < -0.39 is 5.97 Å². The van der Waals surface area contributed by atoms with Crippen molar-refractivity contribution in [3.8, 4) is 0 Å². The van der Waals surface area contributed by atoms with Crippen LogP contribution in [0.25, 0.3) is 0 Å². The van der Waals surface area contributed by atoms with Crippen molar-refractivity contribution < 1.29 is 14.3 Å². The molecular weight excluding hydrogens is 237 g/mol. The molecule has 1 aromatic carbocycles. The van der Waals surface area contributed by atoms with E-state index in [1.165, 1.54) is 24.3 Å². The van der Waals surface area contributed by atoms with Gasteiger partial charge in [-0.1, -0.05) is 0 Å². The molecule has 0 radical (unpaired) electrons. The van der Waals surface area contributed by atoms with E-state index in [0.717, 1.165) is 5.56 Å². The number of nitrogens with zero attached hydrogens (tertiary/aromatic N) is 2. The van der Waals surface area contributed by atoms with Crippen LogP contribution in [0, 0.1) is 12.7 Å². The smallest absolute Gasteiger partial charge is 0.356 e. The number of aromatic carboxylic acids is 1. The Kier molecular flexibility index (Phi) is 3.18. The average molecular weight is 247 g/mol. The highest BCUT2D eigenvalue weighted by Crippen LogP contribution is 2.19. The zero-order chi connectivity index (χ0) is 13.1. The molecule has 0 unspecified atom stereocenters. The van der Waals surface area contributed by atoms with Gasteiger partial charge in [0.05, 0.1) is 0 Å². The third kappa shape index (κ3) is 2.60. The van der Waals surface area contributed by atoms with Crippen molar-refractivity contribution in [1.82, 2.24) is 10.2 Å². The van der Waals surface area contributed by atoms with Gasteiger partial charge in [-0.3, -0.25) is 0 Å². The van der Waals surface area contributed by atoms with E-state index in [1.807, 2.05) is 0 Å². The maximum Gasteiger partial charge on any atom is 0.356 e. The van der Waals surface area contributed by atoms with E-state index in [1.54, 1.807) is 13.0 Å². The second kappa shape index (κ2) is 4.79. The van der Waals surface area contributed by atoms with Crippen molar-refractivity contribution in [2.45, 2.75) is 6.92 Å². The number of benzene rings is 1. The fraction of sp³-hybridized carbons (Fsp3) is 0.0833. The van der Waals surface area contributed by atoms with Gasteiger partial charge in [0.25, 0.3) is 0 Å². The first-order valence-corrected chi connectivity index (χ1v) is 5.16. The largest absolute Gasteiger partial charge is 0.476 e. The summed E-state index contributed by atoms with van der Waals surface area (Å²) in [6.07, 6.45) is 0. The Labute approximate surface area is 102 Å². The number of aromatic nitrogens is 2. The lowest BCUT2D eigenvalue weighted by molar-refractivity contribution is 0.0689. The average Bonchev–Trinajstić information content (AvgIpc) is 2.33. The molecule has 0 aliphatic carbocycles. The fourth-order valence-electron chi connectivity index (χ4n) is 1.42.